The fourth-order valence-electron chi connectivity index (χ4n) is 6.81. The highest BCUT2D eigenvalue weighted by atomic mass is 32.1. The van der Waals surface area contributed by atoms with Gasteiger partial charge >= 0.3 is 0 Å². The first-order chi connectivity index (χ1) is 21.3. The first-order valence-electron chi connectivity index (χ1n) is 14.6. The maximum absolute atomic E-state index is 5.16. The van der Waals surface area contributed by atoms with Crippen LogP contribution in [0.1, 0.15) is 0 Å². The van der Waals surface area contributed by atoms with E-state index in [1.165, 1.54) is 75.1 Å². The zero-order chi connectivity index (χ0) is 28.3. The molecule has 0 bridgehead atoms. The van der Waals surface area contributed by atoms with Gasteiger partial charge in [-0.2, -0.15) is 0 Å². The molecule has 0 radical (unpaired) electrons. The first-order valence-corrected chi connectivity index (χ1v) is 15.5. The van der Waals surface area contributed by atoms with E-state index in [9.17, 15) is 0 Å². The molecule has 0 N–H and O–H groups in total. The van der Waals surface area contributed by atoms with Crippen LogP contribution in [0.4, 0.5) is 0 Å². The van der Waals surface area contributed by atoms with Crippen molar-refractivity contribution in [2.24, 2.45) is 0 Å². The van der Waals surface area contributed by atoms with E-state index in [1.54, 1.807) is 0 Å². The number of rotatable bonds is 3. The van der Waals surface area contributed by atoms with Crippen LogP contribution in [0.3, 0.4) is 0 Å². The monoisotopic (exact) mass is 563 g/mol. The summed E-state index contributed by atoms with van der Waals surface area (Å²) in [5, 5.41) is 7.49. The largest absolute Gasteiger partial charge is 0.246 e. The smallest absolute Gasteiger partial charge is 0.0902 e. The van der Waals surface area contributed by atoms with Gasteiger partial charge in [0.15, 0.2) is 0 Å². The van der Waals surface area contributed by atoms with Gasteiger partial charge in [0.1, 0.15) is 0 Å². The molecule has 0 saturated heterocycles. The van der Waals surface area contributed by atoms with Gasteiger partial charge in [-0.05, 0) is 67.6 Å². The predicted molar refractivity (Wildman–Crippen MR) is 186 cm³/mol. The van der Waals surface area contributed by atoms with E-state index in [2.05, 4.69) is 152 Å². The van der Waals surface area contributed by atoms with Crippen LogP contribution in [0, 0.1) is 0 Å². The van der Waals surface area contributed by atoms with Crippen molar-refractivity contribution in [1.82, 2.24) is 4.98 Å². The highest BCUT2D eigenvalue weighted by molar-refractivity contribution is 7.26. The van der Waals surface area contributed by atoms with Crippen molar-refractivity contribution in [3.63, 3.8) is 0 Å². The van der Waals surface area contributed by atoms with Crippen molar-refractivity contribution in [2.45, 2.75) is 0 Å². The minimum Gasteiger partial charge on any atom is -0.246 e. The molecule has 0 spiro atoms. The molecule has 7 aromatic carbocycles. The number of pyridine rings is 1. The van der Waals surface area contributed by atoms with E-state index in [4.69, 9.17) is 4.98 Å². The lowest BCUT2D eigenvalue weighted by Gasteiger charge is -2.18. The molecule has 0 fully saturated rings. The molecule has 0 amide bonds. The second-order valence-corrected chi connectivity index (χ2v) is 12.1. The van der Waals surface area contributed by atoms with E-state index in [0.717, 1.165) is 11.0 Å². The topological polar surface area (TPSA) is 12.9 Å². The Morgan fingerprint density at radius 1 is 0.372 bits per heavy atom. The van der Waals surface area contributed by atoms with Crippen LogP contribution in [-0.2, 0) is 0 Å². The van der Waals surface area contributed by atoms with Gasteiger partial charge in [0.25, 0.3) is 0 Å². The van der Waals surface area contributed by atoms with Gasteiger partial charge in [0.05, 0.1) is 15.7 Å². The van der Waals surface area contributed by atoms with Gasteiger partial charge in [0.2, 0.25) is 0 Å². The molecule has 9 rings (SSSR count). The summed E-state index contributed by atoms with van der Waals surface area (Å²) in [6, 6.07) is 54.9. The standard InChI is InChI=1S/C41H25NS/c1-2-13-26(14-3-1)37-29-17-4-6-19-31(29)38(32-20-7-5-18-30(32)37)27-15-12-16-28(25-27)39-33-21-8-10-23-35(33)42-40-34-22-9-11-24-36(34)43-41(39)40/h1-25H. The number of hydrogen-bond acceptors (Lipinski definition) is 2. The lowest BCUT2D eigenvalue weighted by atomic mass is 9.85. The summed E-state index contributed by atoms with van der Waals surface area (Å²) >= 11 is 1.84. The molecule has 2 heterocycles. The Balaban J connectivity index is 1.37. The summed E-state index contributed by atoms with van der Waals surface area (Å²) in [5.74, 6) is 0. The molecule has 0 atom stereocenters. The van der Waals surface area contributed by atoms with E-state index in [0.29, 0.717) is 0 Å². The van der Waals surface area contributed by atoms with Crippen molar-refractivity contribution < 1.29 is 0 Å². The lowest BCUT2D eigenvalue weighted by molar-refractivity contribution is 1.52. The quantitative estimate of drug-likeness (QED) is 0.195. The molecule has 2 aromatic heterocycles. The third kappa shape index (κ3) is 3.74. The molecule has 0 aliphatic rings. The van der Waals surface area contributed by atoms with Crippen LogP contribution in [0.2, 0.25) is 0 Å². The summed E-state index contributed by atoms with van der Waals surface area (Å²) in [5.41, 5.74) is 9.62. The summed E-state index contributed by atoms with van der Waals surface area (Å²) < 4.78 is 2.51. The number of fused-ring (bicyclic) bond motifs is 6. The van der Waals surface area contributed by atoms with Crippen LogP contribution in [0.5, 0.6) is 0 Å². The Labute approximate surface area is 253 Å². The zero-order valence-electron chi connectivity index (χ0n) is 23.3. The SMILES string of the molecule is c1ccc(-c2c3ccccc3c(-c3cccc(-c4c5ccccc5nc5c4sc4ccccc45)c3)c3ccccc23)cc1. The molecule has 9 aromatic rings. The minimum atomic E-state index is 1.03. The molecule has 1 nitrogen and oxygen atoms in total. The molecule has 43 heavy (non-hydrogen) atoms. The van der Waals surface area contributed by atoms with Gasteiger partial charge in [-0.3, -0.25) is 0 Å². The van der Waals surface area contributed by atoms with Crippen LogP contribution in [-0.4, -0.2) is 4.98 Å². The number of aromatic nitrogens is 1. The molecule has 200 valence electrons. The second kappa shape index (κ2) is 9.62. The van der Waals surface area contributed by atoms with Gasteiger partial charge in [-0.15, -0.1) is 11.3 Å². The van der Waals surface area contributed by atoms with Crippen molar-refractivity contribution in [1.29, 1.82) is 0 Å². The molecule has 0 aliphatic heterocycles. The number of thiophene rings is 1. The maximum atomic E-state index is 5.16. The molecular formula is C41H25NS. The summed E-state index contributed by atoms with van der Waals surface area (Å²) in [4.78, 5) is 5.16. The van der Waals surface area contributed by atoms with Crippen molar-refractivity contribution in [3.05, 3.63) is 152 Å². The highest BCUT2D eigenvalue weighted by Gasteiger charge is 2.19. The Morgan fingerprint density at radius 3 is 1.53 bits per heavy atom. The Morgan fingerprint density at radius 2 is 0.860 bits per heavy atom. The summed E-state index contributed by atoms with van der Waals surface area (Å²) in [6.45, 7) is 0. The lowest BCUT2D eigenvalue weighted by Crippen LogP contribution is -1.91. The Kier molecular flexibility index (Phi) is 5.44. The number of para-hydroxylation sites is 1. The maximum Gasteiger partial charge on any atom is 0.0902 e. The Hall–Kier alpha value is -5.31. The number of hydrogen-bond donors (Lipinski definition) is 0. The van der Waals surface area contributed by atoms with Gasteiger partial charge in [-0.1, -0.05) is 133 Å². The third-order valence-corrected chi connectivity index (χ3v) is 9.81. The normalized spacial score (nSPS) is 11.7. The first kappa shape index (κ1) is 24.3. The van der Waals surface area contributed by atoms with Crippen LogP contribution in [0.15, 0.2) is 152 Å². The van der Waals surface area contributed by atoms with Gasteiger partial charge in [-0.25, -0.2) is 4.98 Å². The van der Waals surface area contributed by atoms with Gasteiger partial charge < -0.3 is 0 Å². The fourth-order valence-corrected chi connectivity index (χ4v) is 8.03. The highest BCUT2D eigenvalue weighted by Crippen LogP contribution is 2.46. The summed E-state index contributed by atoms with van der Waals surface area (Å²) in [6.07, 6.45) is 0. The molecular weight excluding hydrogens is 539 g/mol. The van der Waals surface area contributed by atoms with E-state index in [-0.39, 0.29) is 0 Å². The zero-order valence-corrected chi connectivity index (χ0v) is 24.1. The molecule has 2 heteroatoms. The van der Waals surface area contributed by atoms with Crippen LogP contribution in [0.25, 0.3) is 86.1 Å². The van der Waals surface area contributed by atoms with E-state index in [1.807, 2.05) is 11.3 Å². The third-order valence-electron chi connectivity index (χ3n) is 8.64. The minimum absolute atomic E-state index is 1.03. The molecule has 0 saturated carbocycles. The molecule has 0 aliphatic carbocycles. The van der Waals surface area contributed by atoms with Crippen molar-refractivity contribution in [2.75, 3.05) is 0 Å². The van der Waals surface area contributed by atoms with Crippen LogP contribution < -0.4 is 0 Å². The molecule has 0 unspecified atom stereocenters. The van der Waals surface area contributed by atoms with Crippen molar-refractivity contribution >= 4 is 64.1 Å². The fraction of sp³-hybridized carbons (Fsp3) is 0. The van der Waals surface area contributed by atoms with E-state index < -0.39 is 0 Å². The Bertz CT molecular complexity index is 2450. The average Bonchev–Trinajstić information content (AvgIpc) is 3.44. The van der Waals surface area contributed by atoms with Gasteiger partial charge in [0, 0.05) is 21.0 Å². The summed E-state index contributed by atoms with van der Waals surface area (Å²) in [7, 11) is 0. The van der Waals surface area contributed by atoms with E-state index >= 15 is 0 Å². The number of benzene rings is 7. The predicted octanol–water partition coefficient (Wildman–Crippen LogP) is 11.9. The second-order valence-electron chi connectivity index (χ2n) is 11.1. The van der Waals surface area contributed by atoms with Crippen LogP contribution >= 0.6 is 11.3 Å². The van der Waals surface area contributed by atoms with Crippen molar-refractivity contribution in [3.8, 4) is 33.4 Å². The average molecular weight is 564 g/mol. The number of nitrogens with zero attached hydrogens (tertiary/aromatic N) is 1.